The predicted octanol–water partition coefficient (Wildman–Crippen LogP) is 3.94. The zero-order valence-electron chi connectivity index (χ0n) is 13.3. The van der Waals surface area contributed by atoms with E-state index in [1.807, 2.05) is 0 Å². The van der Waals surface area contributed by atoms with Crippen LogP contribution in [0.1, 0.15) is 70.6 Å². The van der Waals surface area contributed by atoms with Gasteiger partial charge in [0, 0.05) is 12.1 Å². The number of aliphatic hydroxyl groups excluding tert-OH is 1. The molecule has 0 saturated carbocycles. The average Bonchev–Trinajstić information content (AvgIpc) is 2.38. The largest absolute Gasteiger partial charge is 0.388 e. The van der Waals surface area contributed by atoms with Gasteiger partial charge in [-0.1, -0.05) is 51.5 Å². The normalized spacial score (nSPS) is 25.4. The Balaban J connectivity index is 1.97. The maximum atomic E-state index is 10.4. The molecule has 20 heavy (non-hydrogen) atoms. The van der Waals surface area contributed by atoms with Crippen LogP contribution in [-0.2, 0) is 5.41 Å². The first kappa shape index (κ1) is 15.5. The Hall–Kier alpha value is -0.860. The monoisotopic (exact) mass is 275 g/mol. The highest BCUT2D eigenvalue weighted by molar-refractivity contribution is 5.28. The van der Waals surface area contributed by atoms with Crippen molar-refractivity contribution in [1.29, 1.82) is 0 Å². The van der Waals surface area contributed by atoms with Gasteiger partial charge in [-0.3, -0.25) is 0 Å². The van der Waals surface area contributed by atoms with Crippen molar-refractivity contribution in [2.75, 3.05) is 0 Å². The minimum absolute atomic E-state index is 0.170. The van der Waals surface area contributed by atoms with Crippen LogP contribution in [-0.4, -0.2) is 17.2 Å². The van der Waals surface area contributed by atoms with Crippen LogP contribution < -0.4 is 5.32 Å². The first-order valence-electron chi connectivity index (χ1n) is 7.91. The molecular weight excluding hydrogens is 246 g/mol. The Bertz CT molecular complexity index is 418. The van der Waals surface area contributed by atoms with Crippen molar-refractivity contribution in [3.05, 3.63) is 35.4 Å². The molecule has 2 nitrogen and oxygen atoms in total. The third-order valence-electron chi connectivity index (χ3n) is 4.38. The van der Waals surface area contributed by atoms with Crippen LogP contribution >= 0.6 is 0 Å². The molecule has 1 aliphatic heterocycles. The van der Waals surface area contributed by atoms with E-state index in [1.54, 1.807) is 0 Å². The molecule has 1 fully saturated rings. The van der Waals surface area contributed by atoms with Crippen LogP contribution in [0.2, 0.25) is 0 Å². The summed E-state index contributed by atoms with van der Waals surface area (Å²) >= 11 is 0. The molecule has 3 atom stereocenters. The molecule has 2 N–H and O–H groups in total. The molecule has 1 aromatic carbocycles. The van der Waals surface area contributed by atoms with Crippen molar-refractivity contribution >= 4 is 0 Å². The summed E-state index contributed by atoms with van der Waals surface area (Å²) in [6.45, 7) is 8.87. The summed E-state index contributed by atoms with van der Waals surface area (Å²) < 4.78 is 0. The lowest BCUT2D eigenvalue weighted by Crippen LogP contribution is -2.41. The van der Waals surface area contributed by atoms with Gasteiger partial charge in [0.2, 0.25) is 0 Å². The van der Waals surface area contributed by atoms with Gasteiger partial charge < -0.3 is 10.4 Å². The zero-order chi connectivity index (χ0) is 14.8. The predicted molar refractivity (Wildman–Crippen MR) is 85.0 cm³/mol. The molecule has 1 aromatic rings. The number of hydrogen-bond acceptors (Lipinski definition) is 2. The van der Waals surface area contributed by atoms with E-state index in [1.165, 1.54) is 24.8 Å². The molecule has 0 bridgehead atoms. The molecule has 2 heteroatoms. The van der Waals surface area contributed by atoms with Crippen LogP contribution in [0.15, 0.2) is 24.3 Å². The van der Waals surface area contributed by atoms with E-state index >= 15 is 0 Å². The number of nitrogens with one attached hydrogen (secondary N) is 1. The van der Waals surface area contributed by atoms with Crippen molar-refractivity contribution in [1.82, 2.24) is 5.32 Å². The number of piperidine rings is 1. The minimum Gasteiger partial charge on any atom is -0.388 e. The van der Waals surface area contributed by atoms with Gasteiger partial charge in [0.1, 0.15) is 0 Å². The quantitative estimate of drug-likeness (QED) is 0.876. The maximum Gasteiger partial charge on any atom is 0.0804 e. The van der Waals surface area contributed by atoms with Crippen molar-refractivity contribution in [2.24, 2.45) is 0 Å². The molecule has 0 aliphatic carbocycles. The molecule has 0 amide bonds. The van der Waals surface area contributed by atoms with Crippen molar-refractivity contribution in [3.8, 4) is 0 Å². The van der Waals surface area contributed by atoms with Crippen LogP contribution in [0.25, 0.3) is 0 Å². The van der Waals surface area contributed by atoms with Crippen molar-refractivity contribution in [3.63, 3.8) is 0 Å². The van der Waals surface area contributed by atoms with Crippen molar-refractivity contribution < 1.29 is 5.11 Å². The van der Waals surface area contributed by atoms with Gasteiger partial charge in [-0.05, 0) is 42.7 Å². The fourth-order valence-electron chi connectivity index (χ4n) is 3.04. The summed E-state index contributed by atoms with van der Waals surface area (Å²) in [7, 11) is 0. The molecule has 1 saturated heterocycles. The highest BCUT2D eigenvalue weighted by Gasteiger charge is 2.21. The highest BCUT2D eigenvalue weighted by Crippen LogP contribution is 2.27. The molecule has 2 rings (SSSR count). The summed E-state index contributed by atoms with van der Waals surface area (Å²) in [6.07, 6.45) is 4.18. The maximum absolute atomic E-state index is 10.4. The third-order valence-corrected chi connectivity index (χ3v) is 4.38. The molecule has 112 valence electrons. The first-order valence-corrected chi connectivity index (χ1v) is 7.91. The summed E-state index contributed by atoms with van der Waals surface area (Å²) in [5, 5.41) is 14.0. The van der Waals surface area contributed by atoms with Crippen LogP contribution in [0.3, 0.4) is 0 Å². The Morgan fingerprint density at radius 1 is 1.20 bits per heavy atom. The lowest BCUT2D eigenvalue weighted by molar-refractivity contribution is 0.139. The fraction of sp³-hybridized carbons (Fsp3) is 0.667. The lowest BCUT2D eigenvalue weighted by atomic mass is 9.86. The second kappa shape index (κ2) is 6.28. The van der Waals surface area contributed by atoms with E-state index in [9.17, 15) is 5.11 Å². The van der Waals surface area contributed by atoms with Crippen LogP contribution in [0.4, 0.5) is 0 Å². The molecule has 1 aliphatic rings. The van der Waals surface area contributed by atoms with E-state index < -0.39 is 0 Å². The second-order valence-electron chi connectivity index (χ2n) is 7.32. The Morgan fingerprint density at radius 3 is 2.40 bits per heavy atom. The molecule has 0 aromatic heterocycles. The van der Waals surface area contributed by atoms with Gasteiger partial charge in [-0.2, -0.15) is 0 Å². The van der Waals surface area contributed by atoms with E-state index in [0.29, 0.717) is 12.1 Å². The molecule has 0 spiro atoms. The van der Waals surface area contributed by atoms with Gasteiger partial charge in [0.15, 0.2) is 0 Å². The smallest absolute Gasteiger partial charge is 0.0804 e. The molecular formula is C18H29NO. The highest BCUT2D eigenvalue weighted by atomic mass is 16.3. The standard InChI is InChI=1S/C18H29NO/c1-13-6-5-7-16(19-13)12-17(20)14-8-10-15(11-9-14)18(2,3)4/h8-11,13,16-17,19-20H,5-7,12H2,1-4H3. The van der Waals surface area contributed by atoms with E-state index in [0.717, 1.165) is 12.0 Å². The zero-order valence-corrected chi connectivity index (χ0v) is 13.3. The Labute approximate surface area is 123 Å². The lowest BCUT2D eigenvalue weighted by Gasteiger charge is -2.30. The Morgan fingerprint density at radius 2 is 1.85 bits per heavy atom. The number of hydrogen-bond donors (Lipinski definition) is 2. The summed E-state index contributed by atoms with van der Waals surface area (Å²) in [4.78, 5) is 0. The Kier molecular flexibility index (Phi) is 4.87. The van der Waals surface area contributed by atoms with E-state index in [4.69, 9.17) is 0 Å². The topological polar surface area (TPSA) is 32.3 Å². The van der Waals surface area contributed by atoms with E-state index in [2.05, 4.69) is 57.3 Å². The summed E-state index contributed by atoms with van der Waals surface area (Å²) in [6, 6.07) is 9.50. The van der Waals surface area contributed by atoms with Gasteiger partial charge >= 0.3 is 0 Å². The molecule has 0 radical (unpaired) electrons. The van der Waals surface area contributed by atoms with Gasteiger partial charge in [-0.25, -0.2) is 0 Å². The number of benzene rings is 1. The average molecular weight is 275 g/mol. The first-order chi connectivity index (χ1) is 9.36. The van der Waals surface area contributed by atoms with Gasteiger partial charge in [-0.15, -0.1) is 0 Å². The fourth-order valence-corrected chi connectivity index (χ4v) is 3.04. The summed E-state index contributed by atoms with van der Waals surface area (Å²) in [5.41, 5.74) is 2.53. The SMILES string of the molecule is CC1CCCC(CC(O)c2ccc(C(C)(C)C)cc2)N1. The second-order valence-corrected chi connectivity index (χ2v) is 7.32. The van der Waals surface area contributed by atoms with Gasteiger partial charge in [0.25, 0.3) is 0 Å². The van der Waals surface area contributed by atoms with E-state index in [-0.39, 0.29) is 11.5 Å². The third kappa shape index (κ3) is 4.07. The van der Waals surface area contributed by atoms with Crippen LogP contribution in [0, 0.1) is 0 Å². The minimum atomic E-state index is -0.355. The van der Waals surface area contributed by atoms with Crippen LogP contribution in [0.5, 0.6) is 0 Å². The molecule has 1 heterocycles. The summed E-state index contributed by atoms with van der Waals surface area (Å²) in [5.74, 6) is 0. The van der Waals surface area contributed by atoms with Gasteiger partial charge in [0.05, 0.1) is 6.10 Å². The van der Waals surface area contributed by atoms with Crippen molar-refractivity contribution in [2.45, 2.75) is 77.0 Å². The number of rotatable bonds is 3. The number of aliphatic hydroxyl groups is 1. The molecule has 3 unspecified atom stereocenters.